The predicted octanol–water partition coefficient (Wildman–Crippen LogP) is 4.73. The molecule has 106 valence electrons. The van der Waals surface area contributed by atoms with E-state index in [1.165, 1.54) is 0 Å². The van der Waals surface area contributed by atoms with Crippen LogP contribution in [0.3, 0.4) is 0 Å². The third-order valence-corrected chi connectivity index (χ3v) is 4.29. The van der Waals surface area contributed by atoms with Crippen LogP contribution in [-0.2, 0) is 0 Å². The molecular weight excluding hydrogens is 352 g/mol. The zero-order chi connectivity index (χ0) is 14.8. The maximum atomic E-state index is 12.2. The molecule has 1 N–H and O–H groups in total. The second-order valence-electron chi connectivity index (χ2n) is 4.35. The number of nitrogens with zero attached hydrogens (tertiary/aromatic N) is 1. The summed E-state index contributed by atoms with van der Waals surface area (Å²) in [7, 11) is 0. The van der Waals surface area contributed by atoms with E-state index in [1.807, 2.05) is 36.6 Å². The molecule has 6 heteroatoms. The van der Waals surface area contributed by atoms with E-state index in [0.717, 1.165) is 15.2 Å². The summed E-state index contributed by atoms with van der Waals surface area (Å²) in [6.07, 6.45) is 0. The monoisotopic (exact) mass is 362 g/mol. The first-order valence-electron chi connectivity index (χ1n) is 6.22. The smallest absolute Gasteiger partial charge is 0.291 e. The normalized spacial score (nSPS) is 10.6. The molecule has 0 aliphatic rings. The van der Waals surface area contributed by atoms with E-state index in [2.05, 4.69) is 26.2 Å². The average Bonchev–Trinajstić information content (AvgIpc) is 3.10. The Hall–Kier alpha value is -1.92. The Bertz CT molecular complexity index is 794. The van der Waals surface area contributed by atoms with Crippen molar-refractivity contribution in [1.29, 1.82) is 0 Å². The van der Waals surface area contributed by atoms with Crippen LogP contribution < -0.4 is 5.32 Å². The number of carbonyl (C=O) groups is 1. The lowest BCUT2D eigenvalue weighted by Gasteiger charge is -2.04. The number of hydrogen-bond donors (Lipinski definition) is 1. The molecule has 0 fully saturated rings. The largest absolute Gasteiger partial charge is 0.449 e. The molecular formula is C15H11BrN2O2S. The van der Waals surface area contributed by atoms with Crippen molar-refractivity contribution < 1.29 is 9.21 Å². The highest BCUT2D eigenvalue weighted by Gasteiger charge is 2.14. The van der Waals surface area contributed by atoms with Crippen LogP contribution in [0, 0.1) is 6.92 Å². The van der Waals surface area contributed by atoms with Crippen LogP contribution in [-0.4, -0.2) is 10.9 Å². The van der Waals surface area contributed by atoms with E-state index >= 15 is 0 Å². The molecule has 4 nitrogen and oxygen atoms in total. The van der Waals surface area contributed by atoms with Gasteiger partial charge >= 0.3 is 0 Å². The van der Waals surface area contributed by atoms with Crippen molar-refractivity contribution in [3.05, 3.63) is 57.0 Å². The molecule has 1 aromatic carbocycles. The molecule has 0 spiro atoms. The number of aryl methyl sites for hydroxylation is 1. The number of hydrogen-bond acceptors (Lipinski definition) is 4. The zero-order valence-electron chi connectivity index (χ0n) is 11.1. The minimum Gasteiger partial charge on any atom is -0.449 e. The van der Waals surface area contributed by atoms with Crippen molar-refractivity contribution in [3.63, 3.8) is 0 Å². The van der Waals surface area contributed by atoms with Crippen LogP contribution in [0.1, 0.15) is 15.6 Å². The summed E-state index contributed by atoms with van der Waals surface area (Å²) in [6, 6.07) is 10.8. The summed E-state index contributed by atoms with van der Waals surface area (Å²) in [5, 5.41) is 5.66. The maximum absolute atomic E-state index is 12.2. The molecule has 2 aromatic heterocycles. The Morgan fingerprint density at radius 3 is 2.81 bits per heavy atom. The minimum absolute atomic E-state index is 0.256. The van der Waals surface area contributed by atoms with Crippen molar-refractivity contribution in [2.45, 2.75) is 6.92 Å². The lowest BCUT2D eigenvalue weighted by atomic mass is 10.3. The molecule has 3 aromatic rings. The molecule has 3 rings (SSSR count). The zero-order valence-corrected chi connectivity index (χ0v) is 13.5. The number of furan rings is 1. The van der Waals surface area contributed by atoms with Gasteiger partial charge in [0.1, 0.15) is 5.69 Å². The summed E-state index contributed by atoms with van der Waals surface area (Å²) in [6.45, 7) is 1.93. The molecule has 21 heavy (non-hydrogen) atoms. The van der Waals surface area contributed by atoms with Crippen LogP contribution in [0.5, 0.6) is 0 Å². The molecule has 0 saturated heterocycles. The molecule has 0 aliphatic carbocycles. The van der Waals surface area contributed by atoms with Gasteiger partial charge < -0.3 is 9.73 Å². The van der Waals surface area contributed by atoms with E-state index in [0.29, 0.717) is 11.4 Å². The SMILES string of the molecule is Cc1nc(-c2ccc(C(=O)Nc3ccccc3Br)o2)cs1. The Balaban J connectivity index is 1.80. The van der Waals surface area contributed by atoms with Gasteiger partial charge in [-0.1, -0.05) is 12.1 Å². The number of aromatic nitrogens is 1. The molecule has 2 heterocycles. The van der Waals surface area contributed by atoms with E-state index in [4.69, 9.17) is 4.42 Å². The van der Waals surface area contributed by atoms with Gasteiger partial charge in [0, 0.05) is 9.85 Å². The van der Waals surface area contributed by atoms with Crippen LogP contribution in [0.2, 0.25) is 0 Å². The van der Waals surface area contributed by atoms with Gasteiger partial charge in [0.15, 0.2) is 11.5 Å². The van der Waals surface area contributed by atoms with Crippen LogP contribution in [0.25, 0.3) is 11.5 Å². The fourth-order valence-electron chi connectivity index (χ4n) is 1.82. The molecule has 0 atom stereocenters. The highest BCUT2D eigenvalue weighted by molar-refractivity contribution is 9.10. The van der Waals surface area contributed by atoms with Gasteiger partial charge in [0.2, 0.25) is 0 Å². The second kappa shape index (κ2) is 5.83. The van der Waals surface area contributed by atoms with E-state index in [1.54, 1.807) is 23.5 Å². The van der Waals surface area contributed by atoms with E-state index < -0.39 is 0 Å². The van der Waals surface area contributed by atoms with Crippen LogP contribution in [0.4, 0.5) is 5.69 Å². The first kappa shape index (κ1) is 14.0. The number of amides is 1. The highest BCUT2D eigenvalue weighted by Crippen LogP contribution is 2.25. The summed E-state index contributed by atoms with van der Waals surface area (Å²) in [5.41, 5.74) is 1.45. The Kier molecular flexibility index (Phi) is 3.90. The highest BCUT2D eigenvalue weighted by atomic mass is 79.9. The third kappa shape index (κ3) is 3.06. The van der Waals surface area contributed by atoms with Crippen molar-refractivity contribution >= 4 is 38.9 Å². The summed E-state index contributed by atoms with van der Waals surface area (Å²) >= 11 is 4.93. The molecule has 1 amide bonds. The molecule has 0 unspecified atom stereocenters. The fraction of sp³-hybridized carbons (Fsp3) is 0.0667. The van der Waals surface area contributed by atoms with Crippen molar-refractivity contribution in [1.82, 2.24) is 4.98 Å². The number of benzene rings is 1. The van der Waals surface area contributed by atoms with Gasteiger partial charge in [-0.05, 0) is 47.1 Å². The summed E-state index contributed by atoms with van der Waals surface area (Å²) in [4.78, 5) is 16.5. The fourth-order valence-corrected chi connectivity index (χ4v) is 2.81. The molecule has 0 radical (unpaired) electrons. The Labute approximate surface area is 134 Å². The van der Waals surface area contributed by atoms with Crippen molar-refractivity contribution in [2.75, 3.05) is 5.32 Å². The first-order valence-corrected chi connectivity index (χ1v) is 7.89. The number of nitrogens with one attached hydrogen (secondary N) is 1. The van der Waals surface area contributed by atoms with Crippen LogP contribution >= 0.6 is 27.3 Å². The Morgan fingerprint density at radius 2 is 2.10 bits per heavy atom. The second-order valence-corrected chi connectivity index (χ2v) is 6.27. The van der Waals surface area contributed by atoms with Gasteiger partial charge in [-0.3, -0.25) is 4.79 Å². The third-order valence-electron chi connectivity index (χ3n) is 2.82. The first-order chi connectivity index (χ1) is 10.1. The summed E-state index contributed by atoms with van der Waals surface area (Å²) in [5.74, 6) is 0.558. The van der Waals surface area contributed by atoms with Gasteiger partial charge in [-0.2, -0.15) is 0 Å². The molecule has 0 saturated carbocycles. The number of rotatable bonds is 3. The minimum atomic E-state index is -0.292. The van der Waals surface area contributed by atoms with E-state index in [9.17, 15) is 4.79 Å². The summed E-state index contributed by atoms with van der Waals surface area (Å²) < 4.78 is 6.39. The van der Waals surface area contributed by atoms with Gasteiger partial charge in [-0.15, -0.1) is 11.3 Å². The number of para-hydroxylation sites is 1. The van der Waals surface area contributed by atoms with Gasteiger partial charge in [0.05, 0.1) is 10.7 Å². The number of carbonyl (C=O) groups excluding carboxylic acids is 1. The predicted molar refractivity (Wildman–Crippen MR) is 86.6 cm³/mol. The van der Waals surface area contributed by atoms with E-state index in [-0.39, 0.29) is 11.7 Å². The maximum Gasteiger partial charge on any atom is 0.291 e. The lowest BCUT2D eigenvalue weighted by molar-refractivity contribution is 0.0997. The molecule has 0 aliphatic heterocycles. The number of halogens is 1. The standard InChI is InChI=1S/C15H11BrN2O2S/c1-9-17-12(8-21-9)13-6-7-14(20-13)15(19)18-11-5-3-2-4-10(11)16/h2-8H,1H3,(H,18,19). The number of thiazole rings is 1. The van der Waals surface area contributed by atoms with Gasteiger partial charge in [0.25, 0.3) is 5.91 Å². The molecule has 0 bridgehead atoms. The topological polar surface area (TPSA) is 55.1 Å². The Morgan fingerprint density at radius 1 is 1.29 bits per heavy atom. The van der Waals surface area contributed by atoms with Crippen molar-refractivity contribution in [3.8, 4) is 11.5 Å². The van der Waals surface area contributed by atoms with Crippen molar-refractivity contribution in [2.24, 2.45) is 0 Å². The lowest BCUT2D eigenvalue weighted by Crippen LogP contribution is -2.11. The number of anilines is 1. The van der Waals surface area contributed by atoms with Gasteiger partial charge in [-0.25, -0.2) is 4.98 Å². The van der Waals surface area contributed by atoms with Crippen LogP contribution in [0.15, 0.2) is 50.7 Å². The average molecular weight is 363 g/mol. The quantitative estimate of drug-likeness (QED) is 0.732.